The Bertz CT molecular complexity index is 1050. The Balaban J connectivity index is 1.41. The van der Waals surface area contributed by atoms with Crippen molar-refractivity contribution in [1.82, 2.24) is 25.6 Å². The highest BCUT2D eigenvalue weighted by atomic mass is 32.1. The second kappa shape index (κ2) is 8.16. The van der Waals surface area contributed by atoms with Crippen molar-refractivity contribution in [3.63, 3.8) is 0 Å². The van der Waals surface area contributed by atoms with Gasteiger partial charge >= 0.3 is 0 Å². The molecular weight excluding hydrogens is 400 g/mol. The highest BCUT2D eigenvalue weighted by Gasteiger charge is 2.28. The summed E-state index contributed by atoms with van der Waals surface area (Å²) in [5.74, 6) is 1.94. The van der Waals surface area contributed by atoms with E-state index in [-0.39, 0.29) is 17.9 Å². The Hall–Kier alpha value is -2.78. The SMILES string of the molecule is C[C@@H](Oc1cc(-c2cnc(N3CCNCC3)cn2)cc2ncsc12)[C@H]1CNC(=O)C1. The number of carbonyl (C=O) groups is 1. The van der Waals surface area contributed by atoms with Crippen LogP contribution in [0.4, 0.5) is 5.82 Å². The summed E-state index contributed by atoms with van der Waals surface area (Å²) in [6.07, 6.45) is 4.08. The number of ether oxygens (including phenoxy) is 1. The minimum atomic E-state index is -0.0781. The Labute approximate surface area is 178 Å². The van der Waals surface area contributed by atoms with Crippen molar-refractivity contribution in [2.75, 3.05) is 37.6 Å². The maximum atomic E-state index is 11.6. The van der Waals surface area contributed by atoms with Crippen molar-refractivity contribution in [2.24, 2.45) is 5.92 Å². The van der Waals surface area contributed by atoms with E-state index in [1.807, 2.05) is 37.0 Å². The van der Waals surface area contributed by atoms with E-state index in [9.17, 15) is 4.79 Å². The number of piperazine rings is 1. The molecule has 2 atom stereocenters. The number of hydrogen-bond acceptors (Lipinski definition) is 8. The minimum absolute atomic E-state index is 0.0781. The molecule has 30 heavy (non-hydrogen) atoms. The number of rotatable bonds is 5. The lowest BCUT2D eigenvalue weighted by Crippen LogP contribution is -2.43. The molecule has 5 rings (SSSR count). The van der Waals surface area contributed by atoms with Gasteiger partial charge in [0, 0.05) is 50.6 Å². The van der Waals surface area contributed by atoms with Crippen molar-refractivity contribution in [2.45, 2.75) is 19.4 Å². The first-order chi connectivity index (χ1) is 14.7. The molecule has 2 aromatic heterocycles. The van der Waals surface area contributed by atoms with Crippen LogP contribution in [-0.4, -0.2) is 59.7 Å². The van der Waals surface area contributed by atoms with E-state index in [1.165, 1.54) is 0 Å². The zero-order valence-corrected chi connectivity index (χ0v) is 17.6. The molecule has 3 aromatic rings. The Morgan fingerprint density at radius 3 is 2.80 bits per heavy atom. The fourth-order valence-corrected chi connectivity index (χ4v) is 4.68. The third-order valence-corrected chi connectivity index (χ3v) is 6.62. The third kappa shape index (κ3) is 3.82. The highest BCUT2D eigenvalue weighted by Crippen LogP contribution is 2.35. The normalized spacial score (nSPS) is 20.4. The van der Waals surface area contributed by atoms with E-state index in [2.05, 4.69) is 30.5 Å². The van der Waals surface area contributed by atoms with Crippen LogP contribution in [-0.2, 0) is 4.79 Å². The predicted octanol–water partition coefficient (Wildman–Crippen LogP) is 2.07. The van der Waals surface area contributed by atoms with Gasteiger partial charge in [-0.15, -0.1) is 11.3 Å². The van der Waals surface area contributed by atoms with Crippen LogP contribution in [0, 0.1) is 5.92 Å². The van der Waals surface area contributed by atoms with Crippen LogP contribution in [0.15, 0.2) is 30.0 Å². The molecule has 9 heteroatoms. The quantitative estimate of drug-likeness (QED) is 0.648. The number of thiazole rings is 1. The molecular formula is C21H24N6O2S. The molecule has 0 spiro atoms. The zero-order valence-electron chi connectivity index (χ0n) is 16.8. The van der Waals surface area contributed by atoms with Gasteiger partial charge in [-0.25, -0.2) is 9.97 Å². The van der Waals surface area contributed by atoms with E-state index in [0.717, 1.165) is 59.2 Å². The second-order valence-corrected chi connectivity index (χ2v) is 8.62. The lowest BCUT2D eigenvalue weighted by atomic mass is 10.0. The van der Waals surface area contributed by atoms with Crippen LogP contribution in [0.25, 0.3) is 21.5 Å². The summed E-state index contributed by atoms with van der Waals surface area (Å²) in [6.45, 7) is 6.48. The summed E-state index contributed by atoms with van der Waals surface area (Å²) < 4.78 is 7.32. The van der Waals surface area contributed by atoms with Crippen molar-refractivity contribution in [3.05, 3.63) is 30.0 Å². The number of amides is 1. The summed E-state index contributed by atoms with van der Waals surface area (Å²) in [4.78, 5) is 27.6. The van der Waals surface area contributed by atoms with Gasteiger partial charge in [-0.1, -0.05) is 0 Å². The van der Waals surface area contributed by atoms with Gasteiger partial charge < -0.3 is 20.3 Å². The standard InChI is InChI=1S/C21H24N6O2S/c1-13(15-8-20(28)25-9-15)29-18-7-14(6-16-21(18)30-12-26-16)17-10-24-19(11-23-17)27-4-2-22-3-5-27/h6-7,10-13,15,22H,2-5,8-9H2,1H3,(H,25,28)/t13-,15-/m1/s1. The zero-order chi connectivity index (χ0) is 20.5. The van der Waals surface area contributed by atoms with Crippen LogP contribution in [0.1, 0.15) is 13.3 Å². The molecule has 0 radical (unpaired) electrons. The molecule has 2 aliphatic rings. The van der Waals surface area contributed by atoms with E-state index < -0.39 is 0 Å². The largest absolute Gasteiger partial charge is 0.489 e. The van der Waals surface area contributed by atoms with E-state index in [1.54, 1.807) is 11.3 Å². The number of hydrogen-bond donors (Lipinski definition) is 2. The maximum Gasteiger partial charge on any atom is 0.220 e. The average Bonchev–Trinajstić information content (AvgIpc) is 3.43. The first-order valence-electron chi connectivity index (χ1n) is 10.3. The summed E-state index contributed by atoms with van der Waals surface area (Å²) in [7, 11) is 0. The van der Waals surface area contributed by atoms with Gasteiger partial charge in [0.2, 0.25) is 5.91 Å². The van der Waals surface area contributed by atoms with Gasteiger partial charge in [0.1, 0.15) is 17.7 Å². The van der Waals surface area contributed by atoms with Gasteiger partial charge in [-0.05, 0) is 19.1 Å². The average molecular weight is 425 g/mol. The summed E-state index contributed by atoms with van der Waals surface area (Å²) >= 11 is 1.56. The summed E-state index contributed by atoms with van der Waals surface area (Å²) in [5, 5.41) is 6.23. The van der Waals surface area contributed by atoms with Gasteiger partial charge in [0.25, 0.3) is 0 Å². The molecule has 1 aromatic carbocycles. The van der Waals surface area contributed by atoms with Gasteiger partial charge in [0.15, 0.2) is 0 Å². The Kier molecular flexibility index (Phi) is 5.22. The lowest BCUT2D eigenvalue weighted by molar-refractivity contribution is -0.119. The molecule has 0 unspecified atom stereocenters. The minimum Gasteiger partial charge on any atom is -0.489 e. The third-order valence-electron chi connectivity index (χ3n) is 5.76. The number of nitrogens with one attached hydrogen (secondary N) is 2. The Morgan fingerprint density at radius 2 is 2.07 bits per heavy atom. The molecule has 4 heterocycles. The molecule has 0 aliphatic carbocycles. The second-order valence-electron chi connectivity index (χ2n) is 7.76. The van der Waals surface area contributed by atoms with Crippen LogP contribution in [0.2, 0.25) is 0 Å². The fourth-order valence-electron chi connectivity index (χ4n) is 3.96. The maximum absolute atomic E-state index is 11.6. The Morgan fingerprint density at radius 1 is 1.20 bits per heavy atom. The fraction of sp³-hybridized carbons (Fsp3) is 0.429. The molecule has 1 amide bonds. The first-order valence-corrected chi connectivity index (χ1v) is 11.1. The number of benzene rings is 1. The van der Waals surface area contributed by atoms with Crippen LogP contribution in [0.5, 0.6) is 5.75 Å². The monoisotopic (exact) mass is 424 g/mol. The highest BCUT2D eigenvalue weighted by molar-refractivity contribution is 7.17. The molecule has 156 valence electrons. The predicted molar refractivity (Wildman–Crippen MR) is 117 cm³/mol. The first kappa shape index (κ1) is 19.2. The van der Waals surface area contributed by atoms with Crippen LogP contribution >= 0.6 is 11.3 Å². The van der Waals surface area contributed by atoms with Crippen molar-refractivity contribution in [1.29, 1.82) is 0 Å². The number of fused-ring (bicyclic) bond motifs is 1. The van der Waals surface area contributed by atoms with E-state index >= 15 is 0 Å². The van der Waals surface area contributed by atoms with Crippen molar-refractivity contribution >= 4 is 33.3 Å². The molecule has 2 N–H and O–H groups in total. The number of nitrogens with zero attached hydrogens (tertiary/aromatic N) is 4. The summed E-state index contributed by atoms with van der Waals surface area (Å²) in [5.41, 5.74) is 4.43. The van der Waals surface area contributed by atoms with Crippen molar-refractivity contribution < 1.29 is 9.53 Å². The smallest absolute Gasteiger partial charge is 0.220 e. The summed E-state index contributed by atoms with van der Waals surface area (Å²) in [6, 6.07) is 4.04. The van der Waals surface area contributed by atoms with Crippen molar-refractivity contribution in [3.8, 4) is 17.0 Å². The molecule has 0 saturated carbocycles. The molecule has 8 nitrogen and oxygen atoms in total. The number of aromatic nitrogens is 3. The molecule has 2 aliphatic heterocycles. The molecule has 2 saturated heterocycles. The van der Waals surface area contributed by atoms with Gasteiger partial charge in [-0.2, -0.15) is 0 Å². The molecule has 0 bridgehead atoms. The van der Waals surface area contributed by atoms with Crippen LogP contribution < -0.4 is 20.3 Å². The van der Waals surface area contributed by atoms with E-state index in [4.69, 9.17) is 4.74 Å². The lowest BCUT2D eigenvalue weighted by Gasteiger charge is -2.28. The van der Waals surface area contributed by atoms with Crippen LogP contribution in [0.3, 0.4) is 0 Å². The van der Waals surface area contributed by atoms with Gasteiger partial charge in [0.05, 0.1) is 33.8 Å². The molecule has 2 fully saturated rings. The van der Waals surface area contributed by atoms with Gasteiger partial charge in [-0.3, -0.25) is 9.78 Å². The topological polar surface area (TPSA) is 92.3 Å². The number of carbonyl (C=O) groups excluding carboxylic acids is 1. The number of anilines is 1. The van der Waals surface area contributed by atoms with E-state index in [0.29, 0.717) is 13.0 Å².